The lowest BCUT2D eigenvalue weighted by Crippen LogP contribution is -2.08. The van der Waals surface area contributed by atoms with Crippen molar-refractivity contribution < 1.29 is 13.6 Å². The van der Waals surface area contributed by atoms with E-state index in [1.54, 1.807) is 18.2 Å². The number of benzene rings is 2. The van der Waals surface area contributed by atoms with Crippen molar-refractivity contribution in [1.29, 1.82) is 0 Å². The second-order valence-electron chi connectivity index (χ2n) is 4.32. The highest BCUT2D eigenvalue weighted by Crippen LogP contribution is 2.16. The third-order valence-corrected chi connectivity index (χ3v) is 2.82. The zero-order valence-corrected chi connectivity index (χ0v) is 10.9. The van der Waals surface area contributed by atoms with Gasteiger partial charge in [0.1, 0.15) is 11.3 Å². The molecule has 0 saturated heterocycles. The average Bonchev–Trinajstić information content (AvgIpc) is 2.90. The summed E-state index contributed by atoms with van der Waals surface area (Å²) in [5.41, 5.74) is 1.49. The minimum atomic E-state index is -0.485. The number of hydrogen-bond acceptors (Lipinski definition) is 3. The van der Waals surface area contributed by atoms with Crippen LogP contribution >= 0.6 is 0 Å². The second-order valence-corrected chi connectivity index (χ2v) is 4.32. The first-order valence-electron chi connectivity index (χ1n) is 6.31. The fourth-order valence-electron chi connectivity index (χ4n) is 1.85. The number of hydrogen-bond donors (Lipinski definition) is 1. The first kappa shape index (κ1) is 13.1. The molecule has 1 heterocycles. The fourth-order valence-corrected chi connectivity index (χ4v) is 1.85. The number of amides is 1. The highest BCUT2D eigenvalue weighted by molar-refractivity contribution is 6.01. The Morgan fingerprint density at radius 2 is 1.90 bits per heavy atom. The number of fused-ring (bicyclic) bond motifs is 1. The van der Waals surface area contributed by atoms with Gasteiger partial charge in [0, 0.05) is 12.2 Å². The van der Waals surface area contributed by atoms with Gasteiger partial charge in [-0.2, -0.15) is 0 Å². The monoisotopic (exact) mass is 282 g/mol. The van der Waals surface area contributed by atoms with E-state index in [0.29, 0.717) is 17.0 Å². The fraction of sp³-hybridized carbons (Fsp3) is 0. The largest absolute Gasteiger partial charge is 0.437 e. The normalized spacial score (nSPS) is 11.1. The van der Waals surface area contributed by atoms with E-state index in [4.69, 9.17) is 4.42 Å². The Bertz CT molecular complexity index is 791. The number of halogens is 1. The van der Waals surface area contributed by atoms with Crippen LogP contribution in [0.4, 0.5) is 10.1 Å². The number of para-hydroxylation sites is 3. The molecule has 0 aliphatic carbocycles. The SMILES string of the molecule is O=C(/C=C/c1nc2ccccc2o1)Nc1ccccc1F. The van der Waals surface area contributed by atoms with Gasteiger partial charge in [-0.25, -0.2) is 9.37 Å². The van der Waals surface area contributed by atoms with Gasteiger partial charge in [0.15, 0.2) is 5.58 Å². The van der Waals surface area contributed by atoms with Gasteiger partial charge in [-0.3, -0.25) is 4.79 Å². The van der Waals surface area contributed by atoms with Crippen molar-refractivity contribution in [3.05, 3.63) is 66.3 Å². The lowest BCUT2D eigenvalue weighted by Gasteiger charge is -2.02. The molecule has 0 atom stereocenters. The van der Waals surface area contributed by atoms with Gasteiger partial charge >= 0.3 is 0 Å². The molecule has 104 valence electrons. The summed E-state index contributed by atoms with van der Waals surface area (Å²) in [4.78, 5) is 15.9. The number of carbonyl (C=O) groups is 1. The number of nitrogens with one attached hydrogen (secondary N) is 1. The van der Waals surface area contributed by atoms with E-state index >= 15 is 0 Å². The minimum Gasteiger partial charge on any atom is -0.437 e. The van der Waals surface area contributed by atoms with Crippen LogP contribution in [0.15, 0.2) is 59.0 Å². The molecule has 4 nitrogen and oxygen atoms in total. The molecule has 2 aromatic carbocycles. The maximum atomic E-state index is 13.4. The number of oxazole rings is 1. The molecule has 0 unspecified atom stereocenters. The van der Waals surface area contributed by atoms with Crippen molar-refractivity contribution in [2.75, 3.05) is 5.32 Å². The van der Waals surface area contributed by atoms with E-state index in [-0.39, 0.29) is 5.69 Å². The highest BCUT2D eigenvalue weighted by Gasteiger charge is 2.05. The summed E-state index contributed by atoms with van der Waals surface area (Å²) in [5.74, 6) is -0.622. The third-order valence-electron chi connectivity index (χ3n) is 2.82. The van der Waals surface area contributed by atoms with Gasteiger partial charge in [0.05, 0.1) is 5.69 Å². The molecule has 0 aliphatic heterocycles. The number of carbonyl (C=O) groups excluding carboxylic acids is 1. The van der Waals surface area contributed by atoms with E-state index in [1.807, 2.05) is 18.2 Å². The van der Waals surface area contributed by atoms with E-state index in [9.17, 15) is 9.18 Å². The van der Waals surface area contributed by atoms with Crippen LogP contribution in [0.2, 0.25) is 0 Å². The van der Waals surface area contributed by atoms with Gasteiger partial charge in [-0.1, -0.05) is 24.3 Å². The standard InChI is InChI=1S/C16H11FN2O2/c17-11-5-1-2-6-12(11)18-15(20)9-10-16-19-13-7-3-4-8-14(13)21-16/h1-10H,(H,18,20)/b10-9+. The number of anilines is 1. The summed E-state index contributed by atoms with van der Waals surface area (Å²) in [6.45, 7) is 0. The topological polar surface area (TPSA) is 55.1 Å². The maximum Gasteiger partial charge on any atom is 0.248 e. The van der Waals surface area contributed by atoms with E-state index in [1.165, 1.54) is 24.3 Å². The molecule has 3 aromatic rings. The molecular formula is C16H11FN2O2. The Labute approximate surface area is 119 Å². The maximum absolute atomic E-state index is 13.4. The van der Waals surface area contributed by atoms with Crippen LogP contribution in [0.25, 0.3) is 17.2 Å². The molecule has 3 rings (SSSR count). The van der Waals surface area contributed by atoms with Crippen LogP contribution in [-0.4, -0.2) is 10.9 Å². The van der Waals surface area contributed by atoms with E-state index in [2.05, 4.69) is 10.3 Å². The van der Waals surface area contributed by atoms with Gasteiger partial charge in [0.2, 0.25) is 11.8 Å². The third kappa shape index (κ3) is 2.97. The highest BCUT2D eigenvalue weighted by atomic mass is 19.1. The summed E-state index contributed by atoms with van der Waals surface area (Å²) >= 11 is 0. The van der Waals surface area contributed by atoms with Crippen LogP contribution in [0.3, 0.4) is 0 Å². The molecule has 0 bridgehead atoms. The molecule has 0 aliphatic rings. The van der Waals surface area contributed by atoms with Crippen molar-refractivity contribution in [2.45, 2.75) is 0 Å². The molecule has 0 radical (unpaired) electrons. The predicted octanol–water partition coefficient (Wildman–Crippen LogP) is 3.62. The molecule has 0 saturated carbocycles. The second kappa shape index (κ2) is 5.58. The van der Waals surface area contributed by atoms with Crippen LogP contribution in [0.5, 0.6) is 0 Å². The van der Waals surface area contributed by atoms with Gasteiger partial charge in [-0.05, 0) is 24.3 Å². The van der Waals surface area contributed by atoms with Crippen molar-refractivity contribution >= 4 is 28.8 Å². The quantitative estimate of drug-likeness (QED) is 0.746. The van der Waals surface area contributed by atoms with E-state index < -0.39 is 11.7 Å². The van der Waals surface area contributed by atoms with Gasteiger partial charge in [0.25, 0.3) is 0 Å². The zero-order valence-electron chi connectivity index (χ0n) is 10.9. The van der Waals surface area contributed by atoms with Gasteiger partial charge in [-0.15, -0.1) is 0 Å². The van der Waals surface area contributed by atoms with Crippen LogP contribution < -0.4 is 5.32 Å². The first-order chi connectivity index (χ1) is 10.2. The molecule has 21 heavy (non-hydrogen) atoms. The molecule has 0 spiro atoms. The summed E-state index contributed by atoms with van der Waals surface area (Å²) in [7, 11) is 0. The lowest BCUT2D eigenvalue weighted by molar-refractivity contribution is -0.111. The Hall–Kier alpha value is -2.95. The van der Waals surface area contributed by atoms with Crippen LogP contribution in [0.1, 0.15) is 5.89 Å². The van der Waals surface area contributed by atoms with Crippen LogP contribution in [-0.2, 0) is 4.79 Å². The molecule has 5 heteroatoms. The van der Waals surface area contributed by atoms with Crippen molar-refractivity contribution in [3.63, 3.8) is 0 Å². The Morgan fingerprint density at radius 3 is 2.71 bits per heavy atom. The summed E-state index contributed by atoms with van der Waals surface area (Å²) < 4.78 is 18.8. The zero-order chi connectivity index (χ0) is 14.7. The van der Waals surface area contributed by atoms with Crippen molar-refractivity contribution in [2.24, 2.45) is 0 Å². The minimum absolute atomic E-state index is 0.129. The van der Waals surface area contributed by atoms with E-state index in [0.717, 1.165) is 0 Å². The number of nitrogens with zero attached hydrogens (tertiary/aromatic N) is 1. The summed E-state index contributed by atoms with van der Waals surface area (Å²) in [5, 5.41) is 2.44. The summed E-state index contributed by atoms with van der Waals surface area (Å²) in [6, 6.07) is 13.3. The molecule has 1 aromatic heterocycles. The first-order valence-corrected chi connectivity index (χ1v) is 6.31. The smallest absolute Gasteiger partial charge is 0.248 e. The van der Waals surface area contributed by atoms with Gasteiger partial charge < -0.3 is 9.73 Å². The molecule has 0 fully saturated rings. The van der Waals surface area contributed by atoms with Crippen molar-refractivity contribution in [3.8, 4) is 0 Å². The number of rotatable bonds is 3. The molecular weight excluding hydrogens is 271 g/mol. The Kier molecular flexibility index (Phi) is 3.47. The Morgan fingerprint density at radius 1 is 1.14 bits per heavy atom. The van der Waals surface area contributed by atoms with Crippen LogP contribution in [0, 0.1) is 5.82 Å². The Balaban J connectivity index is 1.73. The number of aromatic nitrogens is 1. The summed E-state index contributed by atoms with van der Waals surface area (Å²) in [6.07, 6.45) is 2.69. The molecule has 1 N–H and O–H groups in total. The molecule has 1 amide bonds. The average molecular weight is 282 g/mol. The van der Waals surface area contributed by atoms with Crippen molar-refractivity contribution in [1.82, 2.24) is 4.98 Å². The predicted molar refractivity (Wildman–Crippen MR) is 78.1 cm³/mol. The lowest BCUT2D eigenvalue weighted by atomic mass is 10.3.